The molecule has 36 heavy (non-hydrogen) atoms. The summed E-state index contributed by atoms with van der Waals surface area (Å²) < 4.78 is 26.7. The van der Waals surface area contributed by atoms with E-state index >= 15 is 0 Å². The standard InChI is InChI=1S/C24H16O12/c25-11-34-12(9-32-15-3-1-5-17-21(15)13(26)7-19(35-17)23(28)29)10-33-16-4-2-6-18-22(16)14(27)8-20(36-18)24(30)31/h1-8,11-12H,9-10H2,(H,28,29)(H,30,31). The molecule has 2 aromatic heterocycles. The predicted octanol–water partition coefficient (Wildman–Crippen LogP) is 2.30. The van der Waals surface area contributed by atoms with Gasteiger partial charge in [0.1, 0.15) is 46.7 Å². The van der Waals surface area contributed by atoms with Crippen LogP contribution in [0.1, 0.15) is 21.1 Å². The molecule has 0 aliphatic rings. The highest BCUT2D eigenvalue weighted by Crippen LogP contribution is 2.25. The molecule has 0 saturated carbocycles. The van der Waals surface area contributed by atoms with Crippen LogP contribution < -0.4 is 20.3 Å². The Bertz CT molecular complexity index is 1480. The number of carbonyl (C=O) groups excluding carboxylic acids is 1. The molecule has 12 nitrogen and oxygen atoms in total. The summed E-state index contributed by atoms with van der Waals surface area (Å²) in [5.41, 5.74) is -1.30. The van der Waals surface area contributed by atoms with Crippen LogP contribution in [0.2, 0.25) is 0 Å². The molecule has 0 bridgehead atoms. The maximum absolute atomic E-state index is 12.4. The Morgan fingerprint density at radius 2 is 1.25 bits per heavy atom. The fourth-order valence-electron chi connectivity index (χ4n) is 3.38. The maximum atomic E-state index is 12.4. The Morgan fingerprint density at radius 3 is 1.64 bits per heavy atom. The fraction of sp³-hybridized carbons (Fsp3) is 0.125. The Labute approximate surface area is 199 Å². The van der Waals surface area contributed by atoms with Crippen molar-refractivity contribution in [3.63, 3.8) is 0 Å². The van der Waals surface area contributed by atoms with E-state index in [2.05, 4.69) is 0 Å². The zero-order valence-corrected chi connectivity index (χ0v) is 18.2. The van der Waals surface area contributed by atoms with Gasteiger partial charge in [-0.1, -0.05) is 12.1 Å². The van der Waals surface area contributed by atoms with Crippen molar-refractivity contribution in [3.8, 4) is 11.5 Å². The quantitative estimate of drug-likeness (QED) is 0.306. The summed E-state index contributed by atoms with van der Waals surface area (Å²) in [6.07, 6.45) is -0.997. The molecule has 0 atom stereocenters. The molecule has 12 heteroatoms. The molecule has 184 valence electrons. The van der Waals surface area contributed by atoms with Crippen molar-refractivity contribution < 1.29 is 47.6 Å². The summed E-state index contributed by atoms with van der Waals surface area (Å²) in [7, 11) is 0. The van der Waals surface area contributed by atoms with Gasteiger partial charge in [-0.3, -0.25) is 14.4 Å². The molecule has 2 heterocycles. The number of carboxylic acids is 2. The van der Waals surface area contributed by atoms with Crippen molar-refractivity contribution in [2.24, 2.45) is 0 Å². The molecular weight excluding hydrogens is 480 g/mol. The molecule has 0 aliphatic heterocycles. The van der Waals surface area contributed by atoms with Gasteiger partial charge in [0.15, 0.2) is 17.0 Å². The van der Waals surface area contributed by atoms with E-state index in [9.17, 15) is 24.0 Å². The third-order valence-electron chi connectivity index (χ3n) is 4.95. The summed E-state index contributed by atoms with van der Waals surface area (Å²) in [6.45, 7) is -0.383. The highest BCUT2D eigenvalue weighted by molar-refractivity contribution is 5.90. The van der Waals surface area contributed by atoms with E-state index in [1.165, 1.54) is 36.4 Å². The van der Waals surface area contributed by atoms with Crippen molar-refractivity contribution in [1.82, 2.24) is 0 Å². The smallest absolute Gasteiger partial charge is 0.371 e. The normalized spacial score (nSPS) is 10.9. The van der Waals surface area contributed by atoms with Crippen molar-refractivity contribution in [3.05, 3.63) is 80.5 Å². The first-order valence-corrected chi connectivity index (χ1v) is 10.2. The number of carboxylic acid groups (broad SMARTS) is 2. The van der Waals surface area contributed by atoms with Gasteiger partial charge < -0.3 is 33.3 Å². The Balaban J connectivity index is 1.55. The van der Waals surface area contributed by atoms with Gasteiger partial charge in [-0.05, 0) is 24.3 Å². The van der Waals surface area contributed by atoms with Crippen LogP contribution in [0.15, 0.2) is 67.0 Å². The number of hydrogen-bond donors (Lipinski definition) is 2. The lowest BCUT2D eigenvalue weighted by Gasteiger charge is -2.18. The molecule has 0 radical (unpaired) electrons. The lowest BCUT2D eigenvalue weighted by molar-refractivity contribution is -0.136. The summed E-state index contributed by atoms with van der Waals surface area (Å²) in [5, 5.41) is 18.1. The van der Waals surface area contributed by atoms with Crippen LogP contribution in [0.3, 0.4) is 0 Å². The summed E-state index contributed by atoms with van der Waals surface area (Å²) in [6, 6.07) is 10.3. The third-order valence-corrected chi connectivity index (χ3v) is 4.95. The molecule has 4 rings (SSSR count). The summed E-state index contributed by atoms with van der Waals surface area (Å²) in [4.78, 5) is 58.1. The molecule has 0 fully saturated rings. The largest absolute Gasteiger partial charge is 0.489 e. The molecule has 2 aromatic carbocycles. The molecule has 0 unspecified atom stereocenters. The number of rotatable bonds is 10. The number of aromatic carboxylic acids is 2. The molecule has 0 spiro atoms. The lowest BCUT2D eigenvalue weighted by atomic mass is 10.2. The van der Waals surface area contributed by atoms with Crippen molar-refractivity contribution in [2.75, 3.05) is 13.2 Å². The fourth-order valence-corrected chi connectivity index (χ4v) is 3.38. The summed E-state index contributed by atoms with van der Waals surface area (Å²) in [5.74, 6) is -3.75. The Kier molecular flexibility index (Phi) is 6.68. The van der Waals surface area contributed by atoms with Crippen molar-refractivity contribution in [1.29, 1.82) is 0 Å². The lowest BCUT2D eigenvalue weighted by Crippen LogP contribution is -2.28. The van der Waals surface area contributed by atoms with Crippen LogP contribution in [0.25, 0.3) is 21.9 Å². The average molecular weight is 496 g/mol. The molecular formula is C24H16O12. The van der Waals surface area contributed by atoms with Gasteiger partial charge in [-0.15, -0.1) is 0 Å². The Morgan fingerprint density at radius 1 is 0.806 bits per heavy atom. The van der Waals surface area contributed by atoms with E-state index in [1.54, 1.807) is 0 Å². The van der Waals surface area contributed by atoms with E-state index in [0.717, 1.165) is 12.1 Å². The zero-order valence-electron chi connectivity index (χ0n) is 18.2. The van der Waals surface area contributed by atoms with E-state index in [4.69, 9.17) is 33.3 Å². The number of benzene rings is 2. The van der Waals surface area contributed by atoms with Gasteiger partial charge in [0.2, 0.25) is 11.5 Å². The first-order chi connectivity index (χ1) is 17.3. The highest BCUT2D eigenvalue weighted by atomic mass is 16.6. The minimum atomic E-state index is -1.40. The van der Waals surface area contributed by atoms with Gasteiger partial charge in [-0.25, -0.2) is 9.59 Å². The zero-order chi connectivity index (χ0) is 25.8. The van der Waals surface area contributed by atoms with Crippen molar-refractivity contribution >= 4 is 40.3 Å². The maximum Gasteiger partial charge on any atom is 0.371 e. The van der Waals surface area contributed by atoms with Gasteiger partial charge in [-0.2, -0.15) is 0 Å². The SMILES string of the molecule is O=COC(COc1cccc2oc(C(=O)O)cc(=O)c12)COc1cccc2oc(C(=O)O)cc(=O)c12. The minimum absolute atomic E-state index is 0.00540. The molecule has 2 N–H and O–H groups in total. The number of fused-ring (bicyclic) bond motifs is 2. The third kappa shape index (κ3) is 4.87. The van der Waals surface area contributed by atoms with E-state index in [1.807, 2.05) is 0 Å². The molecule has 0 amide bonds. The second-order valence-corrected chi connectivity index (χ2v) is 7.30. The van der Waals surface area contributed by atoms with E-state index in [0.29, 0.717) is 0 Å². The van der Waals surface area contributed by atoms with Crippen LogP contribution in [-0.2, 0) is 9.53 Å². The van der Waals surface area contributed by atoms with Crippen LogP contribution in [0.4, 0.5) is 0 Å². The van der Waals surface area contributed by atoms with Gasteiger partial charge in [0.25, 0.3) is 6.47 Å². The molecule has 0 aliphatic carbocycles. The average Bonchev–Trinajstić information content (AvgIpc) is 2.85. The predicted molar refractivity (Wildman–Crippen MR) is 121 cm³/mol. The highest BCUT2D eigenvalue weighted by Gasteiger charge is 2.19. The monoisotopic (exact) mass is 496 g/mol. The van der Waals surface area contributed by atoms with Gasteiger partial charge in [0.05, 0.1) is 0 Å². The van der Waals surface area contributed by atoms with Crippen LogP contribution in [0, 0.1) is 0 Å². The van der Waals surface area contributed by atoms with E-state index < -0.39 is 40.4 Å². The van der Waals surface area contributed by atoms with Gasteiger partial charge >= 0.3 is 11.9 Å². The van der Waals surface area contributed by atoms with Gasteiger partial charge in [0, 0.05) is 12.1 Å². The minimum Gasteiger partial charge on any atom is -0.489 e. The topological polar surface area (TPSA) is 180 Å². The second-order valence-electron chi connectivity index (χ2n) is 7.30. The molecule has 0 saturated heterocycles. The van der Waals surface area contributed by atoms with Crippen LogP contribution >= 0.6 is 0 Å². The number of ether oxygens (including phenoxy) is 3. The number of carbonyl (C=O) groups is 3. The van der Waals surface area contributed by atoms with Crippen LogP contribution in [0.5, 0.6) is 11.5 Å². The summed E-state index contributed by atoms with van der Waals surface area (Å²) >= 11 is 0. The second kappa shape index (κ2) is 10.0. The van der Waals surface area contributed by atoms with Crippen LogP contribution in [-0.4, -0.2) is 47.9 Å². The first kappa shape index (κ1) is 24.0. The number of hydrogen-bond acceptors (Lipinski definition) is 10. The van der Waals surface area contributed by atoms with Crippen molar-refractivity contribution in [2.45, 2.75) is 6.10 Å². The molecule has 4 aromatic rings. The Hall–Kier alpha value is -5.13. The first-order valence-electron chi connectivity index (χ1n) is 10.2. The van der Waals surface area contributed by atoms with E-state index in [-0.39, 0.29) is 53.1 Å².